The van der Waals surface area contributed by atoms with Crippen molar-refractivity contribution >= 4 is 6.08 Å². The van der Waals surface area contributed by atoms with Crippen molar-refractivity contribution in [1.29, 1.82) is 0 Å². The molecule has 0 saturated carbocycles. The van der Waals surface area contributed by atoms with Crippen LogP contribution in [0.15, 0.2) is 78.9 Å². The molecule has 0 radical (unpaired) electrons. The van der Waals surface area contributed by atoms with Gasteiger partial charge in [0.15, 0.2) is 46.0 Å². The molecule has 4 N–H and O–H groups in total. The summed E-state index contributed by atoms with van der Waals surface area (Å²) in [5, 5.41) is 43.4. The number of allylic oxidation sites excluding steroid dienone is 1. The summed E-state index contributed by atoms with van der Waals surface area (Å²) < 4.78 is 36.0. The topological polar surface area (TPSA) is 136 Å². The Morgan fingerprint density at radius 3 is 1.96 bits per heavy atom. The molecule has 0 bridgehead atoms. The lowest BCUT2D eigenvalue weighted by molar-refractivity contribution is -0.104. The molecule has 266 valence electrons. The van der Waals surface area contributed by atoms with Crippen LogP contribution in [-0.2, 0) is 10.3 Å². The van der Waals surface area contributed by atoms with Gasteiger partial charge in [-0.1, -0.05) is 50.3 Å². The fraction of sp³-hybridized carbons (Fsp3) is 0.350. The van der Waals surface area contributed by atoms with E-state index in [9.17, 15) is 20.4 Å². The van der Waals surface area contributed by atoms with Gasteiger partial charge in [0.05, 0.1) is 34.5 Å². The lowest BCUT2D eigenvalue weighted by Gasteiger charge is -2.39. The van der Waals surface area contributed by atoms with Gasteiger partial charge < -0.3 is 48.8 Å². The van der Waals surface area contributed by atoms with Crippen LogP contribution in [0.1, 0.15) is 61.7 Å². The molecule has 0 amide bonds. The third-order valence-electron chi connectivity index (χ3n) is 9.77. The van der Waals surface area contributed by atoms with Crippen molar-refractivity contribution in [2.75, 3.05) is 28.4 Å². The number of phenolic OH excluding ortho intramolecular Hbond substituents is 3. The molecule has 5 rings (SSSR count). The number of aromatic hydroxyl groups is 3. The molecule has 6 unspecified atom stereocenters. The van der Waals surface area contributed by atoms with Crippen molar-refractivity contribution in [3.05, 3.63) is 101 Å². The first kappa shape index (κ1) is 36.2. The highest BCUT2D eigenvalue weighted by Gasteiger charge is 2.54. The minimum Gasteiger partial charge on any atom is -0.504 e. The minimum atomic E-state index is -1.24. The number of aliphatic hydroxyl groups is 1. The Kier molecular flexibility index (Phi) is 11.0. The predicted molar refractivity (Wildman–Crippen MR) is 190 cm³/mol. The monoisotopic (exact) mass is 686 g/mol. The van der Waals surface area contributed by atoms with E-state index in [1.54, 1.807) is 55.6 Å². The van der Waals surface area contributed by atoms with Crippen molar-refractivity contribution in [2.24, 2.45) is 11.8 Å². The minimum absolute atomic E-state index is 0.0137. The summed E-state index contributed by atoms with van der Waals surface area (Å²) in [5.74, 6) is 1.33. The number of methoxy groups -OCH3 is 4. The van der Waals surface area contributed by atoms with Crippen molar-refractivity contribution in [2.45, 2.75) is 51.1 Å². The average molecular weight is 687 g/mol. The van der Waals surface area contributed by atoms with Crippen LogP contribution in [0.4, 0.5) is 0 Å². The maximum absolute atomic E-state index is 12.2. The SMILES string of the molecule is CC=Cc1ccc(OC(CC2(c3ccc(O)c(OC)c3)OC(c3ccc(O)c(OC)c3)C(C)C2C)C(O)c2ccc(O)c(OC)c2)c(OC)c1. The zero-order valence-electron chi connectivity index (χ0n) is 29.4. The molecule has 1 aliphatic heterocycles. The Labute approximate surface area is 293 Å². The van der Waals surface area contributed by atoms with Gasteiger partial charge in [-0.15, -0.1) is 0 Å². The maximum Gasteiger partial charge on any atom is 0.161 e. The molecule has 0 aromatic heterocycles. The summed E-state index contributed by atoms with van der Waals surface area (Å²) >= 11 is 0. The van der Waals surface area contributed by atoms with E-state index >= 15 is 0 Å². The Morgan fingerprint density at radius 1 is 0.720 bits per heavy atom. The first-order chi connectivity index (χ1) is 24.0. The van der Waals surface area contributed by atoms with Gasteiger partial charge in [-0.05, 0) is 89.5 Å². The summed E-state index contributed by atoms with van der Waals surface area (Å²) in [4.78, 5) is 0. The summed E-state index contributed by atoms with van der Waals surface area (Å²) in [7, 11) is 5.98. The molecule has 6 atom stereocenters. The molecule has 0 spiro atoms. The normalized spacial score (nSPS) is 21.5. The molecule has 50 heavy (non-hydrogen) atoms. The van der Waals surface area contributed by atoms with E-state index in [1.807, 2.05) is 37.3 Å². The van der Waals surface area contributed by atoms with Crippen molar-refractivity contribution in [3.63, 3.8) is 0 Å². The van der Waals surface area contributed by atoms with E-state index in [0.717, 1.165) is 11.1 Å². The highest BCUT2D eigenvalue weighted by atomic mass is 16.5. The Hall–Kier alpha value is -5.06. The fourth-order valence-corrected chi connectivity index (χ4v) is 6.84. The van der Waals surface area contributed by atoms with E-state index in [1.165, 1.54) is 27.4 Å². The molecule has 1 aliphatic rings. The third-order valence-corrected chi connectivity index (χ3v) is 9.77. The van der Waals surface area contributed by atoms with Crippen LogP contribution in [-0.4, -0.2) is 55.0 Å². The van der Waals surface area contributed by atoms with Crippen LogP contribution in [0.5, 0.6) is 46.0 Å². The molecule has 1 saturated heterocycles. The smallest absolute Gasteiger partial charge is 0.161 e. The molecule has 10 heteroatoms. The number of benzene rings is 4. The predicted octanol–water partition coefficient (Wildman–Crippen LogP) is 7.68. The second-order valence-electron chi connectivity index (χ2n) is 12.5. The fourth-order valence-electron chi connectivity index (χ4n) is 6.84. The Bertz CT molecular complexity index is 1820. The van der Waals surface area contributed by atoms with Crippen LogP contribution >= 0.6 is 0 Å². The van der Waals surface area contributed by atoms with Gasteiger partial charge >= 0.3 is 0 Å². The van der Waals surface area contributed by atoms with Crippen LogP contribution in [0.2, 0.25) is 0 Å². The number of ether oxygens (including phenoxy) is 6. The molecule has 4 aromatic rings. The quantitative estimate of drug-likeness (QED) is 0.111. The number of hydrogen-bond acceptors (Lipinski definition) is 10. The number of aliphatic hydroxyl groups excluding tert-OH is 1. The van der Waals surface area contributed by atoms with Crippen LogP contribution in [0.25, 0.3) is 6.08 Å². The molecular formula is C40H46O10. The number of rotatable bonds is 13. The first-order valence-corrected chi connectivity index (χ1v) is 16.4. The zero-order chi connectivity index (χ0) is 36.2. The lowest BCUT2D eigenvalue weighted by Crippen LogP contribution is -2.40. The van der Waals surface area contributed by atoms with Crippen molar-refractivity contribution in [3.8, 4) is 46.0 Å². The number of phenols is 3. The van der Waals surface area contributed by atoms with Crippen LogP contribution in [0, 0.1) is 11.8 Å². The molecule has 4 aromatic carbocycles. The molecular weight excluding hydrogens is 640 g/mol. The van der Waals surface area contributed by atoms with Gasteiger partial charge in [0.25, 0.3) is 0 Å². The summed E-state index contributed by atoms with van der Waals surface area (Å²) in [6.07, 6.45) is 1.36. The number of hydrogen-bond donors (Lipinski definition) is 4. The first-order valence-electron chi connectivity index (χ1n) is 16.4. The van der Waals surface area contributed by atoms with Gasteiger partial charge in [0.2, 0.25) is 0 Å². The second kappa shape index (κ2) is 15.2. The third kappa shape index (κ3) is 6.99. The molecule has 1 fully saturated rings. The molecule has 0 aliphatic carbocycles. The van der Waals surface area contributed by atoms with Crippen molar-refractivity contribution < 1.29 is 48.8 Å². The van der Waals surface area contributed by atoms with Crippen LogP contribution < -0.4 is 23.7 Å². The lowest BCUT2D eigenvalue weighted by atomic mass is 9.73. The maximum atomic E-state index is 12.2. The highest BCUT2D eigenvalue weighted by Crippen LogP contribution is 2.57. The molecule has 10 nitrogen and oxygen atoms in total. The van der Waals surface area contributed by atoms with Crippen molar-refractivity contribution in [1.82, 2.24) is 0 Å². The summed E-state index contributed by atoms with van der Waals surface area (Å²) in [6, 6.07) is 20.5. The standard InChI is InChI=1S/C40H46O10/c1-8-9-25-10-17-32(36(18-25)48-7)49-37(38(44)26-11-14-29(41)33(19-26)45-4)22-40(28-13-16-31(43)35(21-28)47-6)24(3)23(2)39(50-40)27-12-15-30(42)34(20-27)46-5/h8-21,23-24,37-39,41-44H,22H2,1-7H3. The summed E-state index contributed by atoms with van der Waals surface area (Å²) in [5.41, 5.74) is 1.76. The van der Waals surface area contributed by atoms with E-state index in [0.29, 0.717) is 28.4 Å². The van der Waals surface area contributed by atoms with Gasteiger partial charge in [0, 0.05) is 6.42 Å². The average Bonchev–Trinajstić information content (AvgIpc) is 3.38. The Morgan fingerprint density at radius 2 is 1.32 bits per heavy atom. The largest absolute Gasteiger partial charge is 0.504 e. The summed E-state index contributed by atoms with van der Waals surface area (Å²) in [6.45, 7) is 6.10. The molecule has 1 heterocycles. The zero-order valence-corrected chi connectivity index (χ0v) is 29.4. The Balaban J connectivity index is 1.68. The second-order valence-corrected chi connectivity index (χ2v) is 12.5. The highest BCUT2D eigenvalue weighted by molar-refractivity contribution is 5.56. The van der Waals surface area contributed by atoms with Gasteiger partial charge in [-0.3, -0.25) is 0 Å². The van der Waals surface area contributed by atoms with E-state index in [-0.39, 0.29) is 47.0 Å². The van der Waals surface area contributed by atoms with Crippen LogP contribution in [0.3, 0.4) is 0 Å². The van der Waals surface area contributed by atoms with Gasteiger partial charge in [-0.2, -0.15) is 0 Å². The van der Waals surface area contributed by atoms with E-state index in [2.05, 4.69) is 13.8 Å². The van der Waals surface area contributed by atoms with E-state index < -0.39 is 23.9 Å². The van der Waals surface area contributed by atoms with Gasteiger partial charge in [0.1, 0.15) is 17.8 Å². The van der Waals surface area contributed by atoms with Gasteiger partial charge in [-0.25, -0.2) is 0 Å². The van der Waals surface area contributed by atoms with E-state index in [4.69, 9.17) is 28.4 Å².